The molecule has 0 heterocycles. The maximum Gasteiger partial charge on any atom is 0.159 e. The number of Topliss-reactive ketones (excluding diaryl/α,β-unsaturated/α-hetero) is 2. The van der Waals surface area contributed by atoms with Crippen LogP contribution in [0.5, 0.6) is 0 Å². The molecule has 4 aliphatic rings. The summed E-state index contributed by atoms with van der Waals surface area (Å²) < 4.78 is 0. The van der Waals surface area contributed by atoms with Crippen LogP contribution in [0.2, 0.25) is 0 Å². The number of fused-ring (bicyclic) bond motifs is 5. The van der Waals surface area contributed by atoms with Crippen LogP contribution in [0.25, 0.3) is 0 Å². The Bertz CT molecular complexity index is 941. The Kier molecular flexibility index (Phi) is 6.35. The van der Waals surface area contributed by atoms with Crippen molar-refractivity contribution >= 4 is 11.6 Å². The van der Waals surface area contributed by atoms with Gasteiger partial charge >= 0.3 is 0 Å². The molecule has 0 saturated heterocycles. The van der Waals surface area contributed by atoms with Crippen molar-refractivity contribution in [2.75, 3.05) is 0 Å². The molecule has 0 radical (unpaired) electrons. The third-order valence-corrected chi connectivity index (χ3v) is 11.7. The number of aliphatic hydroxyl groups excluding tert-OH is 2. The van der Waals surface area contributed by atoms with Gasteiger partial charge in [0.1, 0.15) is 5.78 Å². The van der Waals surface area contributed by atoms with Crippen LogP contribution in [0.1, 0.15) is 107 Å². The molecule has 4 rings (SSSR count). The van der Waals surface area contributed by atoms with Gasteiger partial charge in [0.05, 0.1) is 17.8 Å². The van der Waals surface area contributed by atoms with Crippen molar-refractivity contribution in [3.8, 4) is 0 Å². The summed E-state index contributed by atoms with van der Waals surface area (Å²) in [5.41, 5.74) is -0.203. The number of ketones is 2. The van der Waals surface area contributed by atoms with Crippen molar-refractivity contribution in [2.24, 2.45) is 39.4 Å². The second-order valence-electron chi connectivity index (χ2n) is 14.4. The van der Waals surface area contributed by atoms with Gasteiger partial charge < -0.3 is 15.3 Å². The van der Waals surface area contributed by atoms with Gasteiger partial charge in [0.15, 0.2) is 5.78 Å². The number of hydrogen-bond acceptors (Lipinski definition) is 5. The summed E-state index contributed by atoms with van der Waals surface area (Å²) in [7, 11) is 0. The second kappa shape index (κ2) is 8.23. The first kappa shape index (κ1) is 27.0. The summed E-state index contributed by atoms with van der Waals surface area (Å²) in [6.07, 6.45) is 3.94. The van der Waals surface area contributed by atoms with Crippen LogP contribution in [0.15, 0.2) is 11.1 Å². The maximum atomic E-state index is 13.6. The lowest BCUT2D eigenvalue weighted by atomic mass is 9.36. The SMILES string of the molecule is C[C@H](CCC(O)C(C)(C)O)C1=C2C[C@H](O)[C@H]3[C@@]4(C)CCC(=O)C(C)(C)[C@@H]4CC[C@]3(C)[C@@]2(C)CC1=O. The van der Waals surface area contributed by atoms with Crippen LogP contribution in [0, 0.1) is 39.4 Å². The van der Waals surface area contributed by atoms with Gasteiger partial charge in [-0.1, -0.05) is 47.1 Å². The Balaban J connectivity index is 1.71. The second-order valence-corrected chi connectivity index (χ2v) is 14.4. The Morgan fingerprint density at radius 1 is 1.06 bits per heavy atom. The smallest absolute Gasteiger partial charge is 0.159 e. The fraction of sp³-hybridized carbons (Fsp3) is 0.867. The highest BCUT2D eigenvalue weighted by molar-refractivity contribution is 6.00. The van der Waals surface area contributed by atoms with E-state index in [1.54, 1.807) is 13.8 Å². The summed E-state index contributed by atoms with van der Waals surface area (Å²) in [5.74, 6) is 0.808. The van der Waals surface area contributed by atoms with Gasteiger partial charge in [-0.05, 0) is 86.5 Å². The standard InChI is InChI=1S/C30H48O5/c1-17(9-10-23(34)27(4,5)35)24-18-15-19(31)25-28(6)13-12-22(33)26(2,3)21(28)11-14-29(25,7)30(18,8)16-20(24)32/h17,19,21,23,25,31,34-35H,9-16H2,1-8H3/t17-,19+,21+,23?,25+,28+,29+,30+/m1/s1. The molecule has 0 aromatic rings. The zero-order chi connectivity index (χ0) is 26.4. The van der Waals surface area contributed by atoms with Crippen molar-refractivity contribution in [2.45, 2.75) is 125 Å². The number of aliphatic hydroxyl groups is 3. The van der Waals surface area contributed by atoms with E-state index in [0.717, 1.165) is 30.4 Å². The molecule has 0 spiro atoms. The molecule has 0 aliphatic heterocycles. The fourth-order valence-corrected chi connectivity index (χ4v) is 9.45. The molecule has 0 amide bonds. The zero-order valence-corrected chi connectivity index (χ0v) is 23.2. The van der Waals surface area contributed by atoms with E-state index in [9.17, 15) is 24.9 Å². The summed E-state index contributed by atoms with van der Waals surface area (Å²) in [4.78, 5) is 26.4. The molecule has 1 unspecified atom stereocenters. The van der Waals surface area contributed by atoms with E-state index >= 15 is 0 Å². The normalized spacial score (nSPS) is 42.9. The minimum absolute atomic E-state index is 0.0261. The van der Waals surface area contributed by atoms with Crippen molar-refractivity contribution in [1.82, 2.24) is 0 Å². The zero-order valence-electron chi connectivity index (χ0n) is 23.2. The lowest BCUT2D eigenvalue weighted by Crippen LogP contribution is -2.65. The average Bonchev–Trinajstić information content (AvgIpc) is 2.99. The molecule has 5 heteroatoms. The summed E-state index contributed by atoms with van der Waals surface area (Å²) in [6, 6.07) is 0. The molecular formula is C30H48O5. The van der Waals surface area contributed by atoms with Crippen LogP contribution in [-0.2, 0) is 9.59 Å². The van der Waals surface area contributed by atoms with Crippen molar-refractivity contribution in [1.29, 1.82) is 0 Å². The molecule has 8 atom stereocenters. The molecule has 3 N–H and O–H groups in total. The van der Waals surface area contributed by atoms with Gasteiger partial charge in [0.25, 0.3) is 0 Å². The first-order valence-electron chi connectivity index (χ1n) is 13.8. The van der Waals surface area contributed by atoms with Gasteiger partial charge in [-0.15, -0.1) is 0 Å². The monoisotopic (exact) mass is 488 g/mol. The quantitative estimate of drug-likeness (QED) is 0.506. The lowest BCUT2D eigenvalue weighted by molar-refractivity contribution is -0.208. The maximum absolute atomic E-state index is 13.6. The first-order chi connectivity index (χ1) is 15.9. The van der Waals surface area contributed by atoms with Gasteiger partial charge in [-0.3, -0.25) is 9.59 Å². The van der Waals surface area contributed by atoms with Crippen LogP contribution >= 0.6 is 0 Å². The largest absolute Gasteiger partial charge is 0.392 e. The fourth-order valence-electron chi connectivity index (χ4n) is 9.45. The molecule has 198 valence electrons. The van der Waals surface area contributed by atoms with Gasteiger partial charge in [-0.25, -0.2) is 0 Å². The van der Waals surface area contributed by atoms with E-state index < -0.39 is 17.8 Å². The molecule has 3 fully saturated rings. The third kappa shape index (κ3) is 3.74. The molecule has 0 aromatic carbocycles. The number of rotatable bonds is 5. The lowest BCUT2D eigenvalue weighted by Gasteiger charge is -2.68. The van der Waals surface area contributed by atoms with Gasteiger partial charge in [0.2, 0.25) is 0 Å². The van der Waals surface area contributed by atoms with E-state index in [1.165, 1.54) is 0 Å². The summed E-state index contributed by atoms with van der Waals surface area (Å²) in [6.45, 7) is 16.4. The molecule has 4 aliphatic carbocycles. The van der Waals surface area contributed by atoms with E-state index in [0.29, 0.717) is 37.9 Å². The van der Waals surface area contributed by atoms with Crippen LogP contribution in [-0.4, -0.2) is 44.7 Å². The molecular weight excluding hydrogens is 440 g/mol. The molecule has 3 saturated carbocycles. The highest BCUT2D eigenvalue weighted by Gasteiger charge is 2.70. The Labute approximate surface area is 211 Å². The van der Waals surface area contributed by atoms with Crippen molar-refractivity contribution in [3.05, 3.63) is 11.1 Å². The number of hydrogen-bond donors (Lipinski definition) is 3. The third-order valence-electron chi connectivity index (χ3n) is 11.7. The van der Waals surface area contributed by atoms with E-state index in [4.69, 9.17) is 0 Å². The predicted octanol–water partition coefficient (Wildman–Crippen LogP) is 5.00. The minimum atomic E-state index is -1.17. The Hall–Kier alpha value is -1.04. The summed E-state index contributed by atoms with van der Waals surface area (Å²) >= 11 is 0. The van der Waals surface area contributed by atoms with E-state index in [-0.39, 0.29) is 45.2 Å². The van der Waals surface area contributed by atoms with Gasteiger partial charge in [0, 0.05) is 23.7 Å². The van der Waals surface area contributed by atoms with Crippen molar-refractivity contribution in [3.63, 3.8) is 0 Å². The topological polar surface area (TPSA) is 94.8 Å². The van der Waals surface area contributed by atoms with Crippen LogP contribution < -0.4 is 0 Å². The summed E-state index contributed by atoms with van der Waals surface area (Å²) in [5, 5.41) is 32.3. The van der Waals surface area contributed by atoms with E-state index in [2.05, 4.69) is 41.5 Å². The Morgan fingerprint density at radius 3 is 2.29 bits per heavy atom. The van der Waals surface area contributed by atoms with E-state index in [1.807, 2.05) is 0 Å². The molecule has 0 aromatic heterocycles. The highest BCUT2D eigenvalue weighted by Crippen LogP contribution is 2.73. The number of carbonyl (C=O) groups is 2. The van der Waals surface area contributed by atoms with Crippen LogP contribution in [0.4, 0.5) is 0 Å². The minimum Gasteiger partial charge on any atom is -0.392 e. The predicted molar refractivity (Wildman–Crippen MR) is 137 cm³/mol. The van der Waals surface area contributed by atoms with Crippen molar-refractivity contribution < 1.29 is 24.9 Å². The Morgan fingerprint density at radius 2 is 1.69 bits per heavy atom. The highest BCUT2D eigenvalue weighted by atomic mass is 16.3. The number of allylic oxidation sites excluding steroid dienone is 1. The first-order valence-corrected chi connectivity index (χ1v) is 13.8. The molecule has 0 bridgehead atoms. The average molecular weight is 489 g/mol. The molecule has 35 heavy (non-hydrogen) atoms. The molecule has 5 nitrogen and oxygen atoms in total. The van der Waals surface area contributed by atoms with Crippen LogP contribution in [0.3, 0.4) is 0 Å². The van der Waals surface area contributed by atoms with Gasteiger partial charge in [-0.2, -0.15) is 0 Å². The number of carbonyl (C=O) groups excluding carboxylic acids is 2.